The van der Waals surface area contributed by atoms with Gasteiger partial charge in [0.25, 0.3) is 10.0 Å². The number of nitrogens with zero attached hydrogens (tertiary/aromatic N) is 2. The highest BCUT2D eigenvalue weighted by Crippen LogP contribution is 2.33. The quantitative estimate of drug-likeness (QED) is 0.282. The van der Waals surface area contributed by atoms with Gasteiger partial charge in [0.2, 0.25) is 11.8 Å². The highest BCUT2D eigenvalue weighted by atomic mass is 35.5. The van der Waals surface area contributed by atoms with Gasteiger partial charge in [0.05, 0.1) is 24.8 Å². The van der Waals surface area contributed by atoms with Crippen LogP contribution in [0.5, 0.6) is 11.5 Å². The number of hydrogen-bond donors (Lipinski definition) is 1. The number of amides is 2. The zero-order valence-electron chi connectivity index (χ0n) is 23.7. The lowest BCUT2D eigenvalue weighted by Gasteiger charge is -2.33. The minimum absolute atomic E-state index is 0.0128. The number of carbonyl (C=O) groups is 2. The number of carbonyl (C=O) groups excluding carboxylic acids is 2. The Hall–Kier alpha value is -3.76. The molecular formula is C30H36ClN3O6S. The highest BCUT2D eigenvalue weighted by molar-refractivity contribution is 7.92. The largest absolute Gasteiger partial charge is 0.497 e. The van der Waals surface area contributed by atoms with Crippen LogP contribution >= 0.6 is 11.6 Å². The average Bonchev–Trinajstić information content (AvgIpc) is 2.99. The molecule has 0 radical (unpaired) electrons. The van der Waals surface area contributed by atoms with Gasteiger partial charge in [-0.2, -0.15) is 0 Å². The predicted octanol–water partition coefficient (Wildman–Crippen LogP) is 4.89. The van der Waals surface area contributed by atoms with Gasteiger partial charge in [-0.3, -0.25) is 13.9 Å². The SMILES string of the molecule is CCCNC(=O)[C@@H](CC)N(Cc1ccccc1Cl)C(=O)CN(c1ccccc1OC)S(=O)(=O)c1ccc(OC)cc1. The van der Waals surface area contributed by atoms with E-state index >= 15 is 0 Å². The summed E-state index contributed by atoms with van der Waals surface area (Å²) in [5, 5.41) is 3.29. The van der Waals surface area contributed by atoms with Crippen molar-refractivity contribution in [3.8, 4) is 11.5 Å². The van der Waals surface area contributed by atoms with Crippen molar-refractivity contribution in [2.45, 2.75) is 44.2 Å². The number of hydrogen-bond acceptors (Lipinski definition) is 6. The van der Waals surface area contributed by atoms with Crippen molar-refractivity contribution in [1.29, 1.82) is 0 Å². The number of ether oxygens (including phenoxy) is 2. The third-order valence-electron chi connectivity index (χ3n) is 6.51. The number of nitrogens with one attached hydrogen (secondary N) is 1. The molecule has 0 spiro atoms. The standard InChI is InChI=1S/C30H36ClN3O6S/c1-5-19-32-30(36)26(6-2)33(20-22-11-7-8-12-25(22)31)29(35)21-34(27-13-9-10-14-28(27)40-4)41(37,38)24-17-15-23(39-3)16-18-24/h7-18,26H,5-6,19-21H2,1-4H3,(H,32,36)/t26-/m1/s1. The van der Waals surface area contributed by atoms with Crippen LogP contribution in [0.4, 0.5) is 5.69 Å². The van der Waals surface area contributed by atoms with Crippen molar-refractivity contribution in [2.75, 3.05) is 31.6 Å². The second-order valence-corrected chi connectivity index (χ2v) is 11.5. The fourth-order valence-electron chi connectivity index (χ4n) is 4.32. The van der Waals surface area contributed by atoms with Crippen molar-refractivity contribution in [2.24, 2.45) is 0 Å². The minimum Gasteiger partial charge on any atom is -0.497 e. The van der Waals surface area contributed by atoms with Crippen LogP contribution in [0, 0.1) is 0 Å². The minimum atomic E-state index is -4.26. The van der Waals surface area contributed by atoms with Crippen molar-refractivity contribution in [3.05, 3.63) is 83.4 Å². The summed E-state index contributed by atoms with van der Waals surface area (Å²) >= 11 is 6.43. The smallest absolute Gasteiger partial charge is 0.264 e. The van der Waals surface area contributed by atoms with Gasteiger partial charge < -0.3 is 19.7 Å². The summed E-state index contributed by atoms with van der Waals surface area (Å²) in [6, 6.07) is 18.6. The summed E-state index contributed by atoms with van der Waals surface area (Å²) in [4.78, 5) is 28.7. The molecule has 0 saturated carbocycles. The van der Waals surface area contributed by atoms with E-state index < -0.39 is 28.5 Å². The number of para-hydroxylation sites is 2. The lowest BCUT2D eigenvalue weighted by atomic mass is 10.1. The third-order valence-corrected chi connectivity index (χ3v) is 8.66. The molecule has 3 aromatic carbocycles. The fraction of sp³-hybridized carbons (Fsp3) is 0.333. The highest BCUT2D eigenvalue weighted by Gasteiger charge is 2.34. The number of sulfonamides is 1. The normalized spacial score (nSPS) is 11.8. The van der Waals surface area contributed by atoms with Crippen LogP contribution in [0.15, 0.2) is 77.7 Å². The molecule has 11 heteroatoms. The zero-order chi connectivity index (χ0) is 30.0. The molecule has 3 rings (SSSR count). The van der Waals surface area contributed by atoms with E-state index in [1.54, 1.807) is 55.5 Å². The Morgan fingerprint density at radius 1 is 0.927 bits per heavy atom. The first-order valence-electron chi connectivity index (χ1n) is 13.3. The summed E-state index contributed by atoms with van der Waals surface area (Å²) in [7, 11) is -1.36. The van der Waals surface area contributed by atoms with Crippen LogP contribution in [0.1, 0.15) is 32.3 Å². The van der Waals surface area contributed by atoms with Crippen molar-refractivity contribution < 1.29 is 27.5 Å². The summed E-state index contributed by atoms with van der Waals surface area (Å²) in [6.45, 7) is 3.61. The Kier molecular flexibility index (Phi) is 11.4. The van der Waals surface area contributed by atoms with E-state index in [1.807, 2.05) is 6.92 Å². The Labute approximate surface area is 247 Å². The van der Waals surface area contributed by atoms with E-state index in [1.165, 1.54) is 43.4 Å². The molecule has 220 valence electrons. The molecule has 9 nitrogen and oxygen atoms in total. The Balaban J connectivity index is 2.10. The molecule has 0 unspecified atom stereocenters. The third kappa shape index (κ3) is 7.71. The average molecular weight is 602 g/mol. The van der Waals surface area contributed by atoms with Gasteiger partial charge in [-0.25, -0.2) is 8.42 Å². The summed E-state index contributed by atoms with van der Waals surface area (Å²) < 4.78 is 39.7. The number of methoxy groups -OCH3 is 2. The van der Waals surface area contributed by atoms with Crippen LogP contribution in [0.25, 0.3) is 0 Å². The molecule has 0 aliphatic heterocycles. The number of benzene rings is 3. The first-order valence-corrected chi connectivity index (χ1v) is 15.1. The van der Waals surface area contributed by atoms with Crippen LogP contribution in [0.3, 0.4) is 0 Å². The van der Waals surface area contributed by atoms with Gasteiger partial charge in [-0.05, 0) is 60.9 Å². The van der Waals surface area contributed by atoms with Crippen molar-refractivity contribution in [1.82, 2.24) is 10.2 Å². The molecule has 3 aromatic rings. The van der Waals surface area contributed by atoms with E-state index in [0.29, 0.717) is 29.3 Å². The zero-order valence-corrected chi connectivity index (χ0v) is 25.2. The predicted molar refractivity (Wildman–Crippen MR) is 160 cm³/mol. The molecule has 1 N–H and O–H groups in total. The first kappa shape index (κ1) is 31.8. The molecule has 0 heterocycles. The number of halogens is 1. The second kappa shape index (κ2) is 14.7. The summed E-state index contributed by atoms with van der Waals surface area (Å²) in [6.07, 6.45) is 1.04. The van der Waals surface area contributed by atoms with E-state index in [0.717, 1.165) is 10.7 Å². The first-order chi connectivity index (χ1) is 19.7. The molecule has 0 bridgehead atoms. The van der Waals surface area contributed by atoms with Crippen LogP contribution in [-0.4, -0.2) is 58.5 Å². The summed E-state index contributed by atoms with van der Waals surface area (Å²) in [5.74, 6) is -0.149. The van der Waals surface area contributed by atoms with Gasteiger partial charge in [0.1, 0.15) is 24.1 Å². The Morgan fingerprint density at radius 2 is 1.59 bits per heavy atom. The molecule has 0 aromatic heterocycles. The molecule has 0 fully saturated rings. The molecule has 0 aliphatic carbocycles. The van der Waals surface area contributed by atoms with Crippen molar-refractivity contribution >= 4 is 39.1 Å². The van der Waals surface area contributed by atoms with E-state index in [-0.39, 0.29) is 28.8 Å². The summed E-state index contributed by atoms with van der Waals surface area (Å²) in [5.41, 5.74) is 0.812. The van der Waals surface area contributed by atoms with E-state index in [2.05, 4.69) is 5.32 Å². The molecule has 0 aliphatic rings. The molecular weight excluding hydrogens is 566 g/mol. The van der Waals surface area contributed by atoms with Crippen LogP contribution < -0.4 is 19.1 Å². The molecule has 41 heavy (non-hydrogen) atoms. The van der Waals surface area contributed by atoms with E-state index in [9.17, 15) is 18.0 Å². The van der Waals surface area contributed by atoms with Gasteiger partial charge >= 0.3 is 0 Å². The lowest BCUT2D eigenvalue weighted by molar-refractivity contribution is -0.140. The van der Waals surface area contributed by atoms with Gasteiger partial charge in [0, 0.05) is 18.1 Å². The Bertz CT molecular complexity index is 1430. The van der Waals surface area contributed by atoms with E-state index in [4.69, 9.17) is 21.1 Å². The molecule has 0 saturated heterocycles. The Morgan fingerprint density at radius 3 is 2.20 bits per heavy atom. The number of rotatable bonds is 14. The van der Waals surface area contributed by atoms with Gasteiger partial charge in [-0.1, -0.05) is 55.8 Å². The maximum absolute atomic E-state index is 14.1. The maximum atomic E-state index is 14.1. The van der Waals surface area contributed by atoms with Gasteiger partial charge in [-0.15, -0.1) is 0 Å². The second-order valence-electron chi connectivity index (χ2n) is 9.19. The molecule has 1 atom stereocenters. The fourth-order valence-corrected chi connectivity index (χ4v) is 5.94. The van der Waals surface area contributed by atoms with Crippen molar-refractivity contribution in [3.63, 3.8) is 0 Å². The molecule has 2 amide bonds. The number of anilines is 1. The van der Waals surface area contributed by atoms with Crippen LogP contribution in [-0.2, 0) is 26.2 Å². The van der Waals surface area contributed by atoms with Crippen LogP contribution in [0.2, 0.25) is 5.02 Å². The van der Waals surface area contributed by atoms with Gasteiger partial charge in [0.15, 0.2) is 0 Å². The topological polar surface area (TPSA) is 105 Å². The maximum Gasteiger partial charge on any atom is 0.264 e. The lowest BCUT2D eigenvalue weighted by Crippen LogP contribution is -2.52. The monoisotopic (exact) mass is 601 g/mol.